The average molecular weight is 265 g/mol. The summed E-state index contributed by atoms with van der Waals surface area (Å²) in [5, 5.41) is 9.01. The molecule has 1 heterocycles. The van der Waals surface area contributed by atoms with Crippen molar-refractivity contribution in [2.75, 3.05) is 7.11 Å². The first-order chi connectivity index (χ1) is 9.04. The fraction of sp³-hybridized carbons (Fsp3) is 0.0769. The fourth-order valence-electron chi connectivity index (χ4n) is 1.69. The first-order valence-corrected chi connectivity index (χ1v) is 5.25. The number of hydrogen-bond acceptors (Lipinski definition) is 3. The zero-order valence-corrected chi connectivity index (χ0v) is 9.85. The Labute approximate surface area is 107 Å². The van der Waals surface area contributed by atoms with Gasteiger partial charge in [0.1, 0.15) is 5.82 Å². The van der Waals surface area contributed by atoms with Crippen molar-refractivity contribution in [3.05, 3.63) is 47.8 Å². The van der Waals surface area contributed by atoms with Crippen LogP contribution in [0.2, 0.25) is 0 Å². The molecule has 1 aromatic carbocycles. The summed E-state index contributed by atoms with van der Waals surface area (Å²) in [4.78, 5) is 14.7. The van der Waals surface area contributed by atoms with E-state index >= 15 is 0 Å². The number of rotatable bonds is 3. The van der Waals surface area contributed by atoms with Crippen molar-refractivity contribution in [2.45, 2.75) is 0 Å². The highest BCUT2D eigenvalue weighted by Gasteiger charge is 2.17. The summed E-state index contributed by atoms with van der Waals surface area (Å²) >= 11 is 0. The van der Waals surface area contributed by atoms with Crippen molar-refractivity contribution in [2.24, 2.45) is 0 Å². The number of carboxylic acids is 1. The third-order valence-corrected chi connectivity index (χ3v) is 2.58. The molecule has 0 amide bonds. The number of benzene rings is 1. The van der Waals surface area contributed by atoms with E-state index in [-0.39, 0.29) is 22.4 Å². The van der Waals surface area contributed by atoms with Crippen LogP contribution in [0, 0.1) is 11.6 Å². The van der Waals surface area contributed by atoms with Gasteiger partial charge < -0.3 is 9.84 Å². The van der Waals surface area contributed by atoms with Crippen molar-refractivity contribution in [3.8, 4) is 16.9 Å². The van der Waals surface area contributed by atoms with Crippen molar-refractivity contribution in [1.82, 2.24) is 4.98 Å². The molecule has 0 aliphatic rings. The number of aromatic nitrogens is 1. The molecule has 98 valence electrons. The molecular weight excluding hydrogens is 256 g/mol. The number of halogens is 2. The SMILES string of the molecule is COc1cc(F)c(-c2ccncc2C(=O)O)cc1F. The third kappa shape index (κ3) is 2.37. The van der Waals surface area contributed by atoms with Crippen molar-refractivity contribution in [1.29, 1.82) is 0 Å². The highest BCUT2D eigenvalue weighted by molar-refractivity contribution is 5.95. The first kappa shape index (κ1) is 12.9. The summed E-state index contributed by atoms with van der Waals surface area (Å²) in [5.74, 6) is -3.05. The number of nitrogens with zero attached hydrogens (tertiary/aromatic N) is 1. The summed E-state index contributed by atoms with van der Waals surface area (Å²) in [7, 11) is 1.21. The van der Waals surface area contributed by atoms with Crippen molar-refractivity contribution >= 4 is 5.97 Å². The van der Waals surface area contributed by atoms with E-state index in [9.17, 15) is 13.6 Å². The highest BCUT2D eigenvalue weighted by Crippen LogP contribution is 2.30. The van der Waals surface area contributed by atoms with E-state index in [0.29, 0.717) is 0 Å². The van der Waals surface area contributed by atoms with E-state index in [4.69, 9.17) is 5.11 Å². The number of hydrogen-bond donors (Lipinski definition) is 1. The van der Waals surface area contributed by atoms with Crippen LogP contribution in [-0.2, 0) is 0 Å². The number of methoxy groups -OCH3 is 1. The minimum Gasteiger partial charge on any atom is -0.494 e. The number of aromatic carboxylic acids is 1. The zero-order valence-electron chi connectivity index (χ0n) is 9.85. The third-order valence-electron chi connectivity index (χ3n) is 2.58. The molecule has 1 N–H and O–H groups in total. The standard InChI is InChI=1S/C13H9F2NO3/c1-19-12-5-10(14)8(4-11(12)15)7-2-3-16-6-9(7)13(17)18/h2-6H,1H3,(H,17,18). The Hall–Kier alpha value is -2.50. The molecule has 6 heteroatoms. The summed E-state index contributed by atoms with van der Waals surface area (Å²) in [5.41, 5.74) is -0.300. The Morgan fingerprint density at radius 2 is 2.00 bits per heavy atom. The summed E-state index contributed by atoms with van der Waals surface area (Å²) in [6, 6.07) is 3.08. The Bertz CT molecular complexity index is 644. The maximum Gasteiger partial charge on any atom is 0.337 e. The molecule has 2 aromatic rings. The summed E-state index contributed by atoms with van der Waals surface area (Å²) < 4.78 is 32.1. The van der Waals surface area contributed by atoms with Gasteiger partial charge in [0.25, 0.3) is 0 Å². The molecule has 19 heavy (non-hydrogen) atoms. The molecule has 0 saturated carbocycles. The molecule has 0 bridgehead atoms. The van der Waals surface area contributed by atoms with Gasteiger partial charge in [0.15, 0.2) is 11.6 Å². The van der Waals surface area contributed by atoms with E-state index < -0.39 is 17.6 Å². The molecule has 0 atom stereocenters. The van der Waals surface area contributed by atoms with Gasteiger partial charge in [-0.2, -0.15) is 0 Å². The second kappa shape index (κ2) is 5.01. The summed E-state index contributed by atoms with van der Waals surface area (Å²) in [6.45, 7) is 0. The number of carbonyl (C=O) groups is 1. The predicted octanol–water partition coefficient (Wildman–Crippen LogP) is 2.73. The molecular formula is C13H9F2NO3. The molecule has 0 aliphatic heterocycles. The van der Waals surface area contributed by atoms with E-state index in [1.807, 2.05) is 0 Å². The minimum absolute atomic E-state index is 0.0570. The normalized spacial score (nSPS) is 10.3. The molecule has 4 nitrogen and oxygen atoms in total. The van der Waals surface area contributed by atoms with Crippen LogP contribution >= 0.6 is 0 Å². The van der Waals surface area contributed by atoms with Crippen LogP contribution in [0.4, 0.5) is 8.78 Å². The van der Waals surface area contributed by atoms with Gasteiger partial charge in [0, 0.05) is 29.6 Å². The minimum atomic E-state index is -1.27. The topological polar surface area (TPSA) is 59.4 Å². The van der Waals surface area contributed by atoms with Crippen molar-refractivity contribution < 1.29 is 23.4 Å². The molecule has 0 saturated heterocycles. The number of ether oxygens (including phenoxy) is 1. The van der Waals surface area contributed by atoms with Crippen LogP contribution in [-0.4, -0.2) is 23.2 Å². The van der Waals surface area contributed by atoms with Gasteiger partial charge in [0.05, 0.1) is 12.7 Å². The molecule has 1 aromatic heterocycles. The molecule has 0 fully saturated rings. The lowest BCUT2D eigenvalue weighted by molar-refractivity contribution is 0.0697. The Kier molecular flexibility index (Phi) is 3.41. The molecule has 0 aliphatic carbocycles. The largest absolute Gasteiger partial charge is 0.494 e. The Morgan fingerprint density at radius 3 is 2.63 bits per heavy atom. The van der Waals surface area contributed by atoms with E-state index in [2.05, 4.69) is 9.72 Å². The molecule has 2 rings (SSSR count). The lowest BCUT2D eigenvalue weighted by Crippen LogP contribution is -2.02. The van der Waals surface area contributed by atoms with Crippen LogP contribution in [0.1, 0.15) is 10.4 Å². The van der Waals surface area contributed by atoms with Gasteiger partial charge in [-0.3, -0.25) is 4.98 Å². The predicted molar refractivity (Wildman–Crippen MR) is 63.1 cm³/mol. The molecule has 0 radical (unpaired) electrons. The lowest BCUT2D eigenvalue weighted by atomic mass is 10.0. The van der Waals surface area contributed by atoms with Crippen LogP contribution < -0.4 is 4.74 Å². The van der Waals surface area contributed by atoms with Gasteiger partial charge in [-0.1, -0.05) is 0 Å². The summed E-state index contributed by atoms with van der Waals surface area (Å²) in [6.07, 6.45) is 2.39. The smallest absolute Gasteiger partial charge is 0.337 e. The van der Waals surface area contributed by atoms with Crippen LogP contribution in [0.25, 0.3) is 11.1 Å². The van der Waals surface area contributed by atoms with E-state index in [0.717, 1.165) is 18.3 Å². The maximum atomic E-state index is 13.9. The van der Waals surface area contributed by atoms with E-state index in [1.165, 1.54) is 19.4 Å². The van der Waals surface area contributed by atoms with Gasteiger partial charge >= 0.3 is 5.97 Å². The van der Waals surface area contributed by atoms with Crippen molar-refractivity contribution in [3.63, 3.8) is 0 Å². The Balaban J connectivity index is 2.66. The van der Waals surface area contributed by atoms with Gasteiger partial charge in [-0.15, -0.1) is 0 Å². The lowest BCUT2D eigenvalue weighted by Gasteiger charge is -2.09. The molecule has 0 spiro atoms. The second-order valence-corrected chi connectivity index (χ2v) is 3.69. The average Bonchev–Trinajstić information content (AvgIpc) is 2.40. The molecule has 0 unspecified atom stereocenters. The van der Waals surface area contributed by atoms with Crippen LogP contribution in [0.15, 0.2) is 30.6 Å². The van der Waals surface area contributed by atoms with Gasteiger partial charge in [-0.25, -0.2) is 13.6 Å². The Morgan fingerprint density at radius 1 is 1.26 bits per heavy atom. The number of carboxylic acid groups (broad SMARTS) is 1. The van der Waals surface area contributed by atoms with Gasteiger partial charge in [-0.05, 0) is 12.1 Å². The highest BCUT2D eigenvalue weighted by atomic mass is 19.1. The zero-order chi connectivity index (χ0) is 14.0. The van der Waals surface area contributed by atoms with Gasteiger partial charge in [0.2, 0.25) is 0 Å². The monoisotopic (exact) mass is 265 g/mol. The maximum absolute atomic E-state index is 13.9. The fourth-order valence-corrected chi connectivity index (χ4v) is 1.69. The quantitative estimate of drug-likeness (QED) is 0.927. The number of pyridine rings is 1. The van der Waals surface area contributed by atoms with Crippen LogP contribution in [0.5, 0.6) is 5.75 Å². The van der Waals surface area contributed by atoms with Crippen LogP contribution in [0.3, 0.4) is 0 Å². The van der Waals surface area contributed by atoms with E-state index in [1.54, 1.807) is 0 Å². The first-order valence-electron chi connectivity index (χ1n) is 5.25. The second-order valence-electron chi connectivity index (χ2n) is 3.69.